The van der Waals surface area contributed by atoms with E-state index in [0.29, 0.717) is 6.10 Å². The highest BCUT2D eigenvalue weighted by molar-refractivity contribution is 5.46. The summed E-state index contributed by atoms with van der Waals surface area (Å²) in [5, 5.41) is 0. The first-order valence-corrected chi connectivity index (χ1v) is 6.02. The molecule has 0 amide bonds. The molecule has 2 aliphatic heterocycles. The molecule has 0 spiro atoms. The Labute approximate surface area is 96.2 Å². The number of nitrogens with zero attached hydrogens (tertiary/aromatic N) is 1. The lowest BCUT2D eigenvalue weighted by molar-refractivity contribution is 0.0723. The number of rotatable bonds is 2. The fraction of sp³-hybridized carbons (Fsp3) is 0.538. The van der Waals surface area contributed by atoms with Gasteiger partial charge >= 0.3 is 0 Å². The van der Waals surface area contributed by atoms with E-state index < -0.39 is 0 Å². The molecule has 1 atom stereocenters. The summed E-state index contributed by atoms with van der Waals surface area (Å²) in [7, 11) is 0. The molecule has 0 saturated carbocycles. The summed E-state index contributed by atoms with van der Waals surface area (Å²) in [4.78, 5) is 2.46. The molecule has 1 unspecified atom stereocenters. The van der Waals surface area contributed by atoms with Crippen molar-refractivity contribution in [3.05, 3.63) is 29.3 Å². The van der Waals surface area contributed by atoms with Gasteiger partial charge in [-0.3, -0.25) is 4.90 Å². The van der Waals surface area contributed by atoms with Crippen LogP contribution >= 0.6 is 0 Å². The number of hydrogen-bond acceptors (Lipinski definition) is 3. The van der Waals surface area contributed by atoms with Crippen molar-refractivity contribution in [1.29, 1.82) is 0 Å². The molecular formula is C13H18N2O. The summed E-state index contributed by atoms with van der Waals surface area (Å²) >= 11 is 0. The van der Waals surface area contributed by atoms with E-state index in [1.54, 1.807) is 0 Å². The van der Waals surface area contributed by atoms with Gasteiger partial charge in [0.15, 0.2) is 0 Å². The lowest BCUT2D eigenvalue weighted by Crippen LogP contribution is -2.27. The first-order valence-electron chi connectivity index (χ1n) is 6.02. The summed E-state index contributed by atoms with van der Waals surface area (Å²) < 4.78 is 5.67. The smallest absolute Gasteiger partial charge is 0.0703 e. The quantitative estimate of drug-likeness (QED) is 0.769. The summed E-state index contributed by atoms with van der Waals surface area (Å²) in [6.45, 7) is 4.09. The van der Waals surface area contributed by atoms with Gasteiger partial charge in [-0.1, -0.05) is 6.07 Å². The zero-order valence-electron chi connectivity index (χ0n) is 9.48. The second kappa shape index (κ2) is 4.07. The zero-order valence-corrected chi connectivity index (χ0v) is 9.48. The van der Waals surface area contributed by atoms with Gasteiger partial charge in [-0.25, -0.2) is 0 Å². The third-order valence-electron chi connectivity index (χ3n) is 3.50. The molecular weight excluding hydrogens is 200 g/mol. The number of nitrogen functional groups attached to an aromatic ring is 1. The Balaban J connectivity index is 1.65. The Kier molecular flexibility index (Phi) is 2.58. The van der Waals surface area contributed by atoms with Crippen LogP contribution in [0.2, 0.25) is 0 Å². The molecule has 1 saturated heterocycles. The van der Waals surface area contributed by atoms with Gasteiger partial charge in [0.1, 0.15) is 0 Å². The van der Waals surface area contributed by atoms with Gasteiger partial charge in [0, 0.05) is 31.9 Å². The molecule has 2 aliphatic rings. The van der Waals surface area contributed by atoms with Gasteiger partial charge in [-0.2, -0.15) is 0 Å². The Morgan fingerprint density at radius 1 is 1.31 bits per heavy atom. The monoisotopic (exact) mass is 218 g/mol. The average Bonchev–Trinajstić information content (AvgIpc) is 2.86. The van der Waals surface area contributed by atoms with E-state index in [1.807, 2.05) is 6.07 Å². The van der Waals surface area contributed by atoms with Crippen LogP contribution in [0, 0.1) is 0 Å². The minimum absolute atomic E-state index is 0.451. The van der Waals surface area contributed by atoms with Crippen LogP contribution in [0.15, 0.2) is 18.2 Å². The molecule has 86 valence electrons. The van der Waals surface area contributed by atoms with Crippen LogP contribution < -0.4 is 5.73 Å². The SMILES string of the molecule is Nc1ccc2c(c1)CN(CC1CCCO1)C2. The van der Waals surface area contributed by atoms with Gasteiger partial charge in [0.25, 0.3) is 0 Å². The molecule has 3 nitrogen and oxygen atoms in total. The summed E-state index contributed by atoms with van der Waals surface area (Å²) in [5.41, 5.74) is 9.48. The molecule has 1 aromatic rings. The van der Waals surface area contributed by atoms with Crippen LogP contribution in [0.25, 0.3) is 0 Å². The van der Waals surface area contributed by atoms with Crippen molar-refractivity contribution in [2.75, 3.05) is 18.9 Å². The van der Waals surface area contributed by atoms with E-state index in [4.69, 9.17) is 10.5 Å². The van der Waals surface area contributed by atoms with Crippen molar-refractivity contribution in [2.24, 2.45) is 0 Å². The molecule has 3 rings (SSSR count). The van der Waals surface area contributed by atoms with E-state index in [2.05, 4.69) is 17.0 Å². The number of fused-ring (bicyclic) bond motifs is 1. The molecule has 1 aromatic carbocycles. The average molecular weight is 218 g/mol. The van der Waals surface area contributed by atoms with E-state index in [0.717, 1.165) is 31.9 Å². The molecule has 3 heteroatoms. The molecule has 1 fully saturated rings. The highest BCUT2D eigenvalue weighted by atomic mass is 16.5. The first kappa shape index (κ1) is 10.1. The normalized spacial score (nSPS) is 24.9. The van der Waals surface area contributed by atoms with Crippen molar-refractivity contribution in [2.45, 2.75) is 32.0 Å². The highest BCUT2D eigenvalue weighted by Gasteiger charge is 2.24. The van der Waals surface area contributed by atoms with Crippen LogP contribution in [0.4, 0.5) is 5.69 Å². The lowest BCUT2D eigenvalue weighted by Gasteiger charge is -2.18. The third kappa shape index (κ3) is 1.93. The maximum atomic E-state index is 5.80. The van der Waals surface area contributed by atoms with Crippen LogP contribution in [0.1, 0.15) is 24.0 Å². The van der Waals surface area contributed by atoms with Gasteiger partial charge in [-0.05, 0) is 36.1 Å². The predicted molar refractivity (Wildman–Crippen MR) is 63.9 cm³/mol. The van der Waals surface area contributed by atoms with Crippen LogP contribution in [0.3, 0.4) is 0 Å². The van der Waals surface area contributed by atoms with Gasteiger partial charge in [-0.15, -0.1) is 0 Å². The maximum absolute atomic E-state index is 5.80. The molecule has 0 radical (unpaired) electrons. The summed E-state index contributed by atoms with van der Waals surface area (Å²) in [5.74, 6) is 0. The topological polar surface area (TPSA) is 38.5 Å². The van der Waals surface area contributed by atoms with E-state index in [-0.39, 0.29) is 0 Å². The first-order chi connectivity index (χ1) is 7.81. The van der Waals surface area contributed by atoms with Crippen molar-refractivity contribution < 1.29 is 4.74 Å². The Morgan fingerprint density at radius 3 is 3.00 bits per heavy atom. The number of nitrogens with two attached hydrogens (primary N) is 1. The largest absolute Gasteiger partial charge is 0.399 e. The minimum Gasteiger partial charge on any atom is -0.399 e. The second-order valence-electron chi connectivity index (χ2n) is 4.83. The predicted octanol–water partition coefficient (Wildman–Crippen LogP) is 1.76. The van der Waals surface area contributed by atoms with E-state index >= 15 is 0 Å². The zero-order chi connectivity index (χ0) is 11.0. The van der Waals surface area contributed by atoms with E-state index in [9.17, 15) is 0 Å². The van der Waals surface area contributed by atoms with Crippen molar-refractivity contribution in [3.8, 4) is 0 Å². The van der Waals surface area contributed by atoms with Gasteiger partial charge in [0.05, 0.1) is 6.10 Å². The molecule has 2 N–H and O–H groups in total. The molecule has 0 bridgehead atoms. The Bertz CT molecular complexity index is 386. The number of benzene rings is 1. The second-order valence-corrected chi connectivity index (χ2v) is 4.83. The fourth-order valence-electron chi connectivity index (χ4n) is 2.69. The molecule has 0 aliphatic carbocycles. The van der Waals surface area contributed by atoms with Crippen molar-refractivity contribution in [1.82, 2.24) is 4.90 Å². The molecule has 2 heterocycles. The van der Waals surface area contributed by atoms with Gasteiger partial charge in [0.2, 0.25) is 0 Å². The standard InChI is InChI=1S/C13H18N2O/c14-12-4-3-10-7-15(8-11(10)6-12)9-13-2-1-5-16-13/h3-4,6,13H,1-2,5,7-9,14H2. The number of ether oxygens (including phenoxy) is 1. The summed E-state index contributed by atoms with van der Waals surface area (Å²) in [6.07, 6.45) is 2.89. The third-order valence-corrected chi connectivity index (χ3v) is 3.50. The Morgan fingerprint density at radius 2 is 2.19 bits per heavy atom. The lowest BCUT2D eigenvalue weighted by atomic mass is 10.1. The van der Waals surface area contributed by atoms with Crippen molar-refractivity contribution in [3.63, 3.8) is 0 Å². The van der Waals surface area contributed by atoms with E-state index in [1.165, 1.54) is 24.0 Å². The van der Waals surface area contributed by atoms with Crippen LogP contribution in [-0.2, 0) is 17.8 Å². The molecule has 16 heavy (non-hydrogen) atoms. The highest BCUT2D eigenvalue weighted by Crippen LogP contribution is 2.26. The van der Waals surface area contributed by atoms with Crippen LogP contribution in [0.5, 0.6) is 0 Å². The minimum atomic E-state index is 0.451. The molecule has 0 aromatic heterocycles. The van der Waals surface area contributed by atoms with Gasteiger partial charge < -0.3 is 10.5 Å². The van der Waals surface area contributed by atoms with Crippen molar-refractivity contribution >= 4 is 5.69 Å². The fourth-order valence-corrected chi connectivity index (χ4v) is 2.69. The summed E-state index contributed by atoms with van der Waals surface area (Å²) in [6, 6.07) is 6.25. The number of hydrogen-bond donors (Lipinski definition) is 1. The maximum Gasteiger partial charge on any atom is 0.0703 e. The Hall–Kier alpha value is -1.06. The number of anilines is 1. The van der Waals surface area contributed by atoms with Crippen LogP contribution in [-0.4, -0.2) is 24.2 Å².